The molecule has 0 radical (unpaired) electrons. The van der Waals surface area contributed by atoms with Crippen LogP contribution in [0.15, 0.2) is 24.4 Å². The van der Waals surface area contributed by atoms with Crippen LogP contribution in [0.25, 0.3) is 0 Å². The first-order valence-corrected chi connectivity index (χ1v) is 7.32. The minimum atomic E-state index is 0.512. The summed E-state index contributed by atoms with van der Waals surface area (Å²) in [7, 11) is 0. The predicted octanol–water partition coefficient (Wildman–Crippen LogP) is 3.69. The van der Waals surface area contributed by atoms with Crippen LogP contribution in [0.5, 0.6) is 0 Å². The van der Waals surface area contributed by atoms with Crippen molar-refractivity contribution in [2.45, 2.75) is 34.1 Å². The Labute approximate surface area is 126 Å². The molecule has 1 aromatic carbocycles. The van der Waals surface area contributed by atoms with Gasteiger partial charge in [-0.25, -0.2) is 0 Å². The lowest BCUT2D eigenvalue weighted by molar-refractivity contribution is 0.606. The van der Waals surface area contributed by atoms with Gasteiger partial charge in [-0.3, -0.25) is 0 Å². The maximum atomic E-state index is 4.44. The van der Waals surface area contributed by atoms with Gasteiger partial charge < -0.3 is 10.6 Å². The van der Waals surface area contributed by atoms with Crippen LogP contribution in [0.2, 0.25) is 0 Å². The maximum Gasteiger partial charge on any atom is 0.249 e. The first kappa shape index (κ1) is 15.2. The molecule has 1 heterocycles. The molecule has 21 heavy (non-hydrogen) atoms. The molecule has 0 saturated heterocycles. The van der Waals surface area contributed by atoms with Crippen molar-refractivity contribution in [1.82, 2.24) is 15.2 Å². The van der Waals surface area contributed by atoms with E-state index in [1.54, 1.807) is 6.20 Å². The fourth-order valence-electron chi connectivity index (χ4n) is 1.92. The summed E-state index contributed by atoms with van der Waals surface area (Å²) in [4.78, 5) is 4.44. The van der Waals surface area contributed by atoms with Crippen molar-refractivity contribution in [2.75, 3.05) is 17.2 Å². The SMILES string of the molecule is Cc1ccc(C)c(Nc2nncc(NCCC(C)C)n2)c1. The van der Waals surface area contributed by atoms with Crippen molar-refractivity contribution in [3.63, 3.8) is 0 Å². The highest BCUT2D eigenvalue weighted by atomic mass is 15.3. The number of anilines is 3. The Morgan fingerprint density at radius 2 is 2.00 bits per heavy atom. The van der Waals surface area contributed by atoms with E-state index in [-0.39, 0.29) is 0 Å². The lowest BCUT2D eigenvalue weighted by atomic mass is 10.1. The molecule has 112 valence electrons. The molecular formula is C16H23N5. The van der Waals surface area contributed by atoms with E-state index in [9.17, 15) is 0 Å². The number of rotatable bonds is 6. The number of nitrogens with zero attached hydrogens (tertiary/aromatic N) is 3. The monoisotopic (exact) mass is 285 g/mol. The normalized spacial score (nSPS) is 10.7. The summed E-state index contributed by atoms with van der Waals surface area (Å²) < 4.78 is 0. The first-order chi connectivity index (χ1) is 10.0. The van der Waals surface area contributed by atoms with Crippen LogP contribution in [0.4, 0.5) is 17.5 Å². The van der Waals surface area contributed by atoms with Gasteiger partial charge in [-0.15, -0.1) is 5.10 Å². The van der Waals surface area contributed by atoms with Gasteiger partial charge in [0, 0.05) is 12.2 Å². The Bertz CT molecular complexity index is 595. The molecule has 0 unspecified atom stereocenters. The van der Waals surface area contributed by atoms with Crippen LogP contribution in [0.3, 0.4) is 0 Å². The summed E-state index contributed by atoms with van der Waals surface area (Å²) in [5, 5.41) is 14.5. The smallest absolute Gasteiger partial charge is 0.249 e. The lowest BCUT2D eigenvalue weighted by Gasteiger charge is -2.10. The highest BCUT2D eigenvalue weighted by molar-refractivity contribution is 5.59. The van der Waals surface area contributed by atoms with Crippen LogP contribution in [-0.2, 0) is 0 Å². The highest BCUT2D eigenvalue weighted by Crippen LogP contribution is 2.19. The molecule has 5 heteroatoms. The lowest BCUT2D eigenvalue weighted by Crippen LogP contribution is -2.08. The Morgan fingerprint density at radius 3 is 2.76 bits per heavy atom. The minimum Gasteiger partial charge on any atom is -0.369 e. The zero-order valence-electron chi connectivity index (χ0n) is 13.1. The molecule has 0 spiro atoms. The van der Waals surface area contributed by atoms with E-state index in [4.69, 9.17) is 0 Å². The first-order valence-electron chi connectivity index (χ1n) is 7.32. The Kier molecular flexibility index (Phi) is 5.09. The Morgan fingerprint density at radius 1 is 1.19 bits per heavy atom. The number of nitrogens with one attached hydrogen (secondary N) is 2. The topological polar surface area (TPSA) is 62.7 Å². The Hall–Kier alpha value is -2.17. The molecule has 0 saturated carbocycles. The number of hydrogen-bond acceptors (Lipinski definition) is 5. The third kappa shape index (κ3) is 4.70. The average Bonchev–Trinajstić information content (AvgIpc) is 2.43. The molecule has 5 nitrogen and oxygen atoms in total. The third-order valence-corrected chi connectivity index (χ3v) is 3.23. The van der Waals surface area contributed by atoms with Crippen LogP contribution in [0.1, 0.15) is 31.4 Å². The Balaban J connectivity index is 2.05. The second-order valence-corrected chi connectivity index (χ2v) is 5.72. The molecule has 0 atom stereocenters. The van der Waals surface area contributed by atoms with Gasteiger partial charge >= 0.3 is 0 Å². The van der Waals surface area contributed by atoms with Gasteiger partial charge in [-0.1, -0.05) is 26.0 Å². The van der Waals surface area contributed by atoms with E-state index in [1.807, 2.05) is 0 Å². The molecule has 1 aromatic heterocycles. The summed E-state index contributed by atoms with van der Waals surface area (Å²) in [6, 6.07) is 6.25. The van der Waals surface area contributed by atoms with E-state index in [0.29, 0.717) is 11.9 Å². The average molecular weight is 285 g/mol. The second-order valence-electron chi connectivity index (χ2n) is 5.72. The zero-order chi connectivity index (χ0) is 15.2. The maximum absolute atomic E-state index is 4.44. The highest BCUT2D eigenvalue weighted by Gasteiger charge is 2.04. The van der Waals surface area contributed by atoms with Crippen LogP contribution in [0, 0.1) is 19.8 Å². The van der Waals surface area contributed by atoms with Crippen LogP contribution >= 0.6 is 0 Å². The summed E-state index contributed by atoms with van der Waals surface area (Å²) in [5.74, 6) is 1.93. The standard InChI is InChI=1S/C16H23N5/c1-11(2)7-8-17-15-10-18-21-16(20-15)19-14-9-12(3)5-6-13(14)4/h5-6,9-11H,7-8H2,1-4H3,(H2,17,19,20,21). The van der Waals surface area contributed by atoms with Crippen molar-refractivity contribution in [1.29, 1.82) is 0 Å². The van der Waals surface area contributed by atoms with E-state index >= 15 is 0 Å². The molecule has 0 bridgehead atoms. The summed E-state index contributed by atoms with van der Waals surface area (Å²) in [6.45, 7) is 9.41. The van der Waals surface area contributed by atoms with Crippen molar-refractivity contribution in [2.24, 2.45) is 5.92 Å². The number of aromatic nitrogens is 3. The molecule has 2 N–H and O–H groups in total. The summed E-state index contributed by atoms with van der Waals surface area (Å²) in [5.41, 5.74) is 3.36. The van der Waals surface area contributed by atoms with Crippen molar-refractivity contribution < 1.29 is 0 Å². The fourth-order valence-corrected chi connectivity index (χ4v) is 1.92. The molecule has 0 fully saturated rings. The van der Waals surface area contributed by atoms with Gasteiger partial charge in [0.05, 0.1) is 6.20 Å². The molecule has 0 aliphatic carbocycles. The van der Waals surface area contributed by atoms with E-state index in [0.717, 1.165) is 30.0 Å². The second kappa shape index (κ2) is 7.02. The molecule has 2 rings (SSSR count). The van der Waals surface area contributed by atoms with Gasteiger partial charge in [0.2, 0.25) is 5.95 Å². The number of hydrogen-bond donors (Lipinski definition) is 2. The molecular weight excluding hydrogens is 262 g/mol. The predicted molar refractivity (Wildman–Crippen MR) is 87.0 cm³/mol. The van der Waals surface area contributed by atoms with Crippen molar-refractivity contribution in [3.8, 4) is 0 Å². The zero-order valence-corrected chi connectivity index (χ0v) is 13.1. The summed E-state index contributed by atoms with van der Waals surface area (Å²) in [6.07, 6.45) is 2.75. The fraction of sp³-hybridized carbons (Fsp3) is 0.438. The molecule has 0 aliphatic rings. The molecule has 0 amide bonds. The minimum absolute atomic E-state index is 0.512. The van der Waals surface area contributed by atoms with E-state index in [2.05, 4.69) is 71.7 Å². The van der Waals surface area contributed by atoms with Crippen LogP contribution < -0.4 is 10.6 Å². The van der Waals surface area contributed by atoms with Gasteiger partial charge in [0.1, 0.15) is 0 Å². The summed E-state index contributed by atoms with van der Waals surface area (Å²) >= 11 is 0. The van der Waals surface area contributed by atoms with E-state index < -0.39 is 0 Å². The third-order valence-electron chi connectivity index (χ3n) is 3.23. The molecule has 2 aromatic rings. The number of aryl methyl sites for hydroxylation is 2. The van der Waals surface area contributed by atoms with Gasteiger partial charge in [-0.05, 0) is 43.4 Å². The number of benzene rings is 1. The van der Waals surface area contributed by atoms with E-state index in [1.165, 1.54) is 5.56 Å². The van der Waals surface area contributed by atoms with Crippen molar-refractivity contribution in [3.05, 3.63) is 35.5 Å². The van der Waals surface area contributed by atoms with Gasteiger partial charge in [0.15, 0.2) is 5.82 Å². The van der Waals surface area contributed by atoms with Crippen LogP contribution in [-0.4, -0.2) is 21.7 Å². The quantitative estimate of drug-likeness (QED) is 0.847. The van der Waals surface area contributed by atoms with Gasteiger partial charge in [-0.2, -0.15) is 10.1 Å². The largest absolute Gasteiger partial charge is 0.369 e. The van der Waals surface area contributed by atoms with Crippen molar-refractivity contribution >= 4 is 17.5 Å². The molecule has 0 aliphatic heterocycles. The van der Waals surface area contributed by atoms with Gasteiger partial charge in [0.25, 0.3) is 0 Å².